The van der Waals surface area contributed by atoms with Gasteiger partial charge in [-0.1, -0.05) is 48.5 Å². The fraction of sp³-hybridized carbons (Fsp3) is 0.0645. The average Bonchev–Trinajstić information content (AvgIpc) is 3.51. The summed E-state index contributed by atoms with van der Waals surface area (Å²) in [5.74, 6) is 0. The Bertz CT molecular complexity index is 2090. The van der Waals surface area contributed by atoms with E-state index in [1.165, 1.54) is 54.6 Å². The van der Waals surface area contributed by atoms with Gasteiger partial charge in [-0.3, -0.25) is 4.98 Å². The lowest BCUT2D eigenvalue weighted by Gasteiger charge is -2.05. The second-order valence-electron chi connectivity index (χ2n) is 9.33. The second-order valence-corrected chi connectivity index (χ2v) is 9.33. The normalized spacial score (nSPS) is 12.4. The van der Waals surface area contributed by atoms with E-state index in [0.29, 0.717) is 0 Å². The third-order valence-corrected chi connectivity index (χ3v) is 7.48. The first-order valence-corrected chi connectivity index (χ1v) is 11.7. The predicted octanol–water partition coefficient (Wildman–Crippen LogP) is 8.41. The summed E-state index contributed by atoms with van der Waals surface area (Å²) < 4.78 is 9.08. The first-order valence-electron chi connectivity index (χ1n) is 11.7. The van der Waals surface area contributed by atoms with Crippen LogP contribution >= 0.6 is 0 Å². The molecular weight excluding hydrogens is 416 g/mol. The highest BCUT2D eigenvalue weighted by Gasteiger charge is 2.23. The zero-order chi connectivity index (χ0) is 22.6. The molecule has 4 aromatic heterocycles. The molecule has 0 amide bonds. The summed E-state index contributed by atoms with van der Waals surface area (Å²) in [6.07, 6.45) is 1.95. The Morgan fingerprint density at radius 3 is 2.24 bits per heavy atom. The van der Waals surface area contributed by atoms with Gasteiger partial charge < -0.3 is 8.82 Å². The van der Waals surface area contributed by atoms with E-state index in [9.17, 15) is 0 Å². The van der Waals surface area contributed by atoms with Gasteiger partial charge in [0, 0.05) is 44.1 Å². The van der Waals surface area contributed by atoms with Gasteiger partial charge in [0.15, 0.2) is 0 Å². The van der Waals surface area contributed by atoms with Gasteiger partial charge in [0.25, 0.3) is 0 Å². The number of nitrogens with zero attached hydrogens (tertiary/aromatic N) is 2. The molecule has 34 heavy (non-hydrogen) atoms. The molecule has 4 heterocycles. The Morgan fingerprint density at radius 2 is 1.41 bits per heavy atom. The van der Waals surface area contributed by atoms with Gasteiger partial charge >= 0.3 is 0 Å². The molecule has 4 aromatic carbocycles. The van der Waals surface area contributed by atoms with E-state index in [-0.39, 0.29) is 0 Å². The van der Waals surface area contributed by atoms with E-state index in [1.54, 1.807) is 0 Å². The van der Waals surface area contributed by atoms with Crippen LogP contribution in [0.3, 0.4) is 0 Å². The lowest BCUT2D eigenvalue weighted by molar-refractivity contribution is 0.670. The highest BCUT2D eigenvalue weighted by atomic mass is 16.3. The number of rotatable bonds is 1. The van der Waals surface area contributed by atoms with Gasteiger partial charge in [-0.05, 0) is 55.3 Å². The van der Waals surface area contributed by atoms with Crippen LogP contribution in [0.4, 0.5) is 0 Å². The van der Waals surface area contributed by atoms with E-state index in [0.717, 1.165) is 27.8 Å². The van der Waals surface area contributed by atoms with Gasteiger partial charge in [-0.2, -0.15) is 0 Å². The topological polar surface area (TPSA) is 30.4 Å². The van der Waals surface area contributed by atoms with Gasteiger partial charge in [0.1, 0.15) is 11.2 Å². The molecule has 0 unspecified atom stereocenters. The molecule has 0 aliphatic heterocycles. The van der Waals surface area contributed by atoms with Gasteiger partial charge in [-0.15, -0.1) is 0 Å². The highest BCUT2D eigenvalue weighted by molar-refractivity contribution is 6.35. The summed E-state index contributed by atoms with van der Waals surface area (Å²) in [7, 11) is 0. The third-order valence-electron chi connectivity index (χ3n) is 7.48. The first kappa shape index (κ1) is 18.1. The molecule has 8 aromatic rings. The minimum atomic E-state index is 0.900. The van der Waals surface area contributed by atoms with E-state index in [4.69, 9.17) is 9.40 Å². The molecular formula is C31H20N2O. The summed E-state index contributed by atoms with van der Waals surface area (Å²) in [5.41, 5.74) is 9.98. The number of benzene rings is 4. The monoisotopic (exact) mass is 436 g/mol. The largest absolute Gasteiger partial charge is 0.455 e. The van der Waals surface area contributed by atoms with Crippen LogP contribution in [-0.2, 0) is 0 Å². The van der Waals surface area contributed by atoms with Gasteiger partial charge in [-0.25, -0.2) is 0 Å². The van der Waals surface area contributed by atoms with Crippen molar-refractivity contribution >= 4 is 60.0 Å². The van der Waals surface area contributed by atoms with Crippen LogP contribution < -0.4 is 0 Å². The second kappa shape index (κ2) is 6.15. The van der Waals surface area contributed by atoms with Crippen molar-refractivity contribution in [3.8, 4) is 11.3 Å². The van der Waals surface area contributed by atoms with Gasteiger partial charge in [0.05, 0.1) is 22.2 Å². The minimum Gasteiger partial charge on any atom is -0.455 e. The number of furan rings is 1. The number of hydrogen-bond donors (Lipinski definition) is 0. The molecule has 8 rings (SSSR count). The maximum atomic E-state index is 6.67. The van der Waals surface area contributed by atoms with Crippen molar-refractivity contribution in [2.24, 2.45) is 0 Å². The summed E-state index contributed by atoms with van der Waals surface area (Å²) in [5, 5.41) is 7.34. The summed E-state index contributed by atoms with van der Waals surface area (Å²) >= 11 is 0. The molecule has 0 saturated heterocycles. The molecule has 0 N–H and O–H groups in total. The Morgan fingerprint density at radius 1 is 0.676 bits per heavy atom. The van der Waals surface area contributed by atoms with Crippen molar-refractivity contribution < 1.29 is 4.42 Å². The quantitative estimate of drug-likeness (QED) is 0.258. The zero-order valence-electron chi connectivity index (χ0n) is 18.9. The van der Waals surface area contributed by atoms with Crippen molar-refractivity contribution in [3.63, 3.8) is 0 Å². The van der Waals surface area contributed by atoms with Crippen LogP contribution in [0.1, 0.15) is 11.1 Å². The molecule has 0 spiro atoms. The van der Waals surface area contributed by atoms with Crippen LogP contribution in [0.25, 0.3) is 71.3 Å². The molecule has 0 aliphatic carbocycles. The lowest BCUT2D eigenvalue weighted by Crippen LogP contribution is -1.88. The zero-order valence-corrected chi connectivity index (χ0v) is 18.9. The number of pyridine rings is 1. The maximum absolute atomic E-state index is 6.67. The summed E-state index contributed by atoms with van der Waals surface area (Å²) in [6.45, 7) is 4.23. The standard InChI is InChI=1S/C31H20N2O/c1-17-14-24(32-16-18(17)2)20-10-7-11-22-28-27(34-31(20)22)15-23-19-8-3-5-12-25(19)33-26-13-6-4-9-21(26)29(28)30(23)33/h3-16H,1-2H3. The van der Waals surface area contributed by atoms with Crippen LogP contribution in [0.5, 0.6) is 0 Å². The van der Waals surface area contributed by atoms with Crippen LogP contribution in [0, 0.1) is 13.8 Å². The molecule has 0 atom stereocenters. The Balaban J connectivity index is 1.62. The van der Waals surface area contributed by atoms with Crippen molar-refractivity contribution in [3.05, 3.63) is 96.2 Å². The van der Waals surface area contributed by atoms with Crippen LogP contribution in [-0.4, -0.2) is 9.38 Å². The Kier molecular flexibility index (Phi) is 3.27. The minimum absolute atomic E-state index is 0.900. The van der Waals surface area contributed by atoms with E-state index >= 15 is 0 Å². The number of hydrogen-bond acceptors (Lipinski definition) is 2. The maximum Gasteiger partial charge on any atom is 0.144 e. The molecule has 3 nitrogen and oxygen atoms in total. The molecule has 3 heteroatoms. The molecule has 0 aliphatic rings. The lowest BCUT2D eigenvalue weighted by atomic mass is 10.00. The van der Waals surface area contributed by atoms with Crippen molar-refractivity contribution in [2.45, 2.75) is 13.8 Å². The number of aryl methyl sites for hydroxylation is 2. The van der Waals surface area contributed by atoms with E-state index in [1.807, 2.05) is 6.20 Å². The number of para-hydroxylation sites is 3. The number of aromatic nitrogens is 2. The summed E-state index contributed by atoms with van der Waals surface area (Å²) in [4.78, 5) is 4.74. The Hall–Kier alpha value is -4.37. The van der Waals surface area contributed by atoms with E-state index in [2.05, 4.69) is 97.1 Å². The molecule has 0 bridgehead atoms. The summed E-state index contributed by atoms with van der Waals surface area (Å²) in [6, 6.07) is 28.2. The smallest absolute Gasteiger partial charge is 0.144 e. The average molecular weight is 437 g/mol. The SMILES string of the molecule is Cc1cnc(-c2cccc3c2oc2cc4c5ccccc5n5c6ccccc6c(c23)c45)cc1C. The predicted molar refractivity (Wildman–Crippen MR) is 141 cm³/mol. The fourth-order valence-electron chi connectivity index (χ4n) is 5.77. The van der Waals surface area contributed by atoms with Crippen molar-refractivity contribution in [1.82, 2.24) is 9.38 Å². The third kappa shape index (κ3) is 2.10. The Labute approximate surface area is 195 Å². The van der Waals surface area contributed by atoms with Crippen molar-refractivity contribution in [1.29, 1.82) is 0 Å². The van der Waals surface area contributed by atoms with Gasteiger partial charge in [0.2, 0.25) is 0 Å². The highest BCUT2D eigenvalue weighted by Crippen LogP contribution is 2.46. The van der Waals surface area contributed by atoms with E-state index < -0.39 is 0 Å². The van der Waals surface area contributed by atoms with Crippen LogP contribution in [0.15, 0.2) is 89.5 Å². The molecule has 0 radical (unpaired) electrons. The molecule has 0 saturated carbocycles. The first-order chi connectivity index (χ1) is 16.7. The van der Waals surface area contributed by atoms with Crippen molar-refractivity contribution in [2.75, 3.05) is 0 Å². The molecule has 0 fully saturated rings. The fourth-order valence-corrected chi connectivity index (χ4v) is 5.77. The number of fused-ring (bicyclic) bond motifs is 10. The molecule has 160 valence electrons. The van der Waals surface area contributed by atoms with Crippen LogP contribution in [0.2, 0.25) is 0 Å².